The summed E-state index contributed by atoms with van der Waals surface area (Å²) in [5, 5.41) is 3.24. The van der Waals surface area contributed by atoms with Crippen molar-refractivity contribution < 1.29 is 4.39 Å². The molecule has 0 fully saturated rings. The zero-order chi connectivity index (χ0) is 14.1. The van der Waals surface area contributed by atoms with Crippen LogP contribution in [0.25, 0.3) is 10.1 Å². The summed E-state index contributed by atoms with van der Waals surface area (Å²) in [6, 6.07) is 13.1. The molecule has 0 amide bonds. The molecule has 2 aromatic carbocycles. The quantitative estimate of drug-likeness (QED) is 0.703. The summed E-state index contributed by atoms with van der Waals surface area (Å²) < 4.78 is 15.8. The fourth-order valence-corrected chi connectivity index (χ4v) is 3.68. The lowest BCUT2D eigenvalue weighted by atomic mass is 9.99. The van der Waals surface area contributed by atoms with E-state index in [1.54, 1.807) is 17.4 Å². The summed E-state index contributed by atoms with van der Waals surface area (Å²) >= 11 is 4.94. The first kappa shape index (κ1) is 13.7. The van der Waals surface area contributed by atoms with Gasteiger partial charge in [0.25, 0.3) is 0 Å². The van der Waals surface area contributed by atoms with Gasteiger partial charge in [-0.2, -0.15) is 0 Å². The van der Waals surface area contributed by atoms with E-state index in [4.69, 9.17) is 5.73 Å². The topological polar surface area (TPSA) is 26.0 Å². The van der Waals surface area contributed by atoms with E-state index in [0.29, 0.717) is 12.0 Å². The molecule has 1 heterocycles. The fourth-order valence-electron chi connectivity index (χ4n) is 2.32. The lowest BCUT2D eigenvalue weighted by Crippen LogP contribution is -2.13. The zero-order valence-corrected chi connectivity index (χ0v) is 13.0. The highest BCUT2D eigenvalue weighted by molar-refractivity contribution is 9.10. The Morgan fingerprint density at radius 2 is 2.00 bits per heavy atom. The van der Waals surface area contributed by atoms with Crippen molar-refractivity contribution in [1.29, 1.82) is 0 Å². The number of nitrogens with two attached hydrogens (primary N) is 1. The van der Waals surface area contributed by atoms with E-state index in [9.17, 15) is 4.39 Å². The van der Waals surface area contributed by atoms with Gasteiger partial charge < -0.3 is 5.73 Å². The second kappa shape index (κ2) is 5.64. The third kappa shape index (κ3) is 2.64. The minimum Gasteiger partial charge on any atom is -0.324 e. The standard InChI is InChI=1S/C16H13BrFNS/c17-11-6-5-10(14(18)8-11)7-15(19)13-9-20-16-4-2-1-3-12(13)16/h1-6,8-9,15H,7,19H2. The molecule has 0 aliphatic heterocycles. The van der Waals surface area contributed by atoms with Crippen molar-refractivity contribution in [3.8, 4) is 0 Å². The molecule has 0 saturated carbocycles. The molecule has 1 nitrogen and oxygen atoms in total. The molecular formula is C16H13BrFNS. The molecule has 102 valence electrons. The number of fused-ring (bicyclic) bond motifs is 1. The van der Waals surface area contributed by atoms with Gasteiger partial charge in [-0.05, 0) is 46.5 Å². The van der Waals surface area contributed by atoms with Crippen molar-refractivity contribution in [1.82, 2.24) is 0 Å². The molecule has 0 radical (unpaired) electrons. The van der Waals surface area contributed by atoms with Gasteiger partial charge >= 0.3 is 0 Å². The number of benzene rings is 2. The molecule has 3 rings (SSSR count). The maximum atomic E-state index is 13.9. The molecule has 1 atom stereocenters. The maximum Gasteiger partial charge on any atom is 0.127 e. The van der Waals surface area contributed by atoms with Crippen LogP contribution in [0.5, 0.6) is 0 Å². The number of hydrogen-bond acceptors (Lipinski definition) is 2. The summed E-state index contributed by atoms with van der Waals surface area (Å²) in [6.07, 6.45) is 0.500. The number of rotatable bonds is 3. The van der Waals surface area contributed by atoms with E-state index >= 15 is 0 Å². The van der Waals surface area contributed by atoms with Gasteiger partial charge in [0.05, 0.1) is 0 Å². The van der Waals surface area contributed by atoms with Gasteiger partial charge in [0.1, 0.15) is 5.82 Å². The van der Waals surface area contributed by atoms with E-state index in [0.717, 1.165) is 10.0 Å². The van der Waals surface area contributed by atoms with Gasteiger partial charge in [-0.15, -0.1) is 11.3 Å². The second-order valence-electron chi connectivity index (χ2n) is 4.73. The highest BCUT2D eigenvalue weighted by atomic mass is 79.9. The van der Waals surface area contributed by atoms with Crippen molar-refractivity contribution in [3.05, 3.63) is 69.3 Å². The molecule has 2 N–H and O–H groups in total. The van der Waals surface area contributed by atoms with Crippen LogP contribution in [-0.4, -0.2) is 0 Å². The average molecular weight is 350 g/mol. The molecule has 20 heavy (non-hydrogen) atoms. The third-order valence-corrected chi connectivity index (χ3v) is 4.84. The van der Waals surface area contributed by atoms with Crippen molar-refractivity contribution in [2.45, 2.75) is 12.5 Å². The van der Waals surface area contributed by atoms with E-state index in [1.165, 1.54) is 16.2 Å². The Hall–Kier alpha value is -1.23. The van der Waals surface area contributed by atoms with Gasteiger partial charge in [-0.1, -0.05) is 40.2 Å². The number of hydrogen-bond donors (Lipinski definition) is 1. The summed E-state index contributed by atoms with van der Waals surface area (Å²) in [6.45, 7) is 0. The lowest BCUT2D eigenvalue weighted by Gasteiger charge is -2.12. The molecular weight excluding hydrogens is 337 g/mol. The first-order chi connectivity index (χ1) is 9.65. The first-order valence-electron chi connectivity index (χ1n) is 6.31. The van der Waals surface area contributed by atoms with Gasteiger partial charge in [0.2, 0.25) is 0 Å². The highest BCUT2D eigenvalue weighted by Gasteiger charge is 2.14. The zero-order valence-electron chi connectivity index (χ0n) is 10.6. The van der Waals surface area contributed by atoms with E-state index < -0.39 is 0 Å². The normalized spacial score (nSPS) is 12.8. The van der Waals surface area contributed by atoms with Crippen LogP contribution in [0, 0.1) is 5.82 Å². The Kier molecular flexibility index (Phi) is 3.87. The summed E-state index contributed by atoms with van der Waals surface area (Å²) in [5.41, 5.74) is 8.01. The molecule has 4 heteroatoms. The largest absolute Gasteiger partial charge is 0.324 e. The van der Waals surface area contributed by atoms with Crippen LogP contribution in [0.4, 0.5) is 4.39 Å². The maximum absolute atomic E-state index is 13.9. The average Bonchev–Trinajstić information content (AvgIpc) is 2.86. The van der Waals surface area contributed by atoms with Crippen molar-refractivity contribution >= 4 is 37.4 Å². The summed E-state index contributed by atoms with van der Waals surface area (Å²) in [5.74, 6) is -0.214. The molecule has 0 spiro atoms. The molecule has 0 aliphatic carbocycles. The van der Waals surface area contributed by atoms with Gasteiger partial charge in [0.15, 0.2) is 0 Å². The fraction of sp³-hybridized carbons (Fsp3) is 0.125. The molecule has 0 aliphatic rings. The monoisotopic (exact) mass is 349 g/mol. The first-order valence-corrected chi connectivity index (χ1v) is 7.98. The smallest absolute Gasteiger partial charge is 0.127 e. The Labute approximate surface area is 129 Å². The molecule has 0 bridgehead atoms. The van der Waals surface area contributed by atoms with Gasteiger partial charge in [-0.3, -0.25) is 0 Å². The Morgan fingerprint density at radius 3 is 2.80 bits per heavy atom. The van der Waals surface area contributed by atoms with E-state index in [1.807, 2.05) is 18.2 Å². The van der Waals surface area contributed by atoms with Gasteiger partial charge in [-0.25, -0.2) is 4.39 Å². The Bertz CT molecular complexity index is 753. The predicted molar refractivity (Wildman–Crippen MR) is 86.6 cm³/mol. The van der Waals surface area contributed by atoms with Crippen LogP contribution in [-0.2, 0) is 6.42 Å². The Morgan fingerprint density at radius 1 is 1.20 bits per heavy atom. The molecule has 1 unspecified atom stereocenters. The van der Waals surface area contributed by atoms with Crippen LogP contribution < -0.4 is 5.73 Å². The van der Waals surface area contributed by atoms with Crippen molar-refractivity contribution in [2.75, 3.05) is 0 Å². The van der Waals surface area contributed by atoms with E-state index in [-0.39, 0.29) is 11.9 Å². The van der Waals surface area contributed by atoms with Crippen LogP contribution in [0.3, 0.4) is 0 Å². The van der Waals surface area contributed by atoms with Crippen LogP contribution in [0.1, 0.15) is 17.2 Å². The van der Waals surface area contributed by atoms with Crippen LogP contribution >= 0.6 is 27.3 Å². The number of thiophene rings is 1. The minimum absolute atomic E-state index is 0.193. The summed E-state index contributed by atoms with van der Waals surface area (Å²) in [4.78, 5) is 0. The molecule has 0 saturated heterocycles. The second-order valence-corrected chi connectivity index (χ2v) is 6.56. The van der Waals surface area contributed by atoms with Crippen molar-refractivity contribution in [3.63, 3.8) is 0 Å². The molecule has 3 aromatic rings. The van der Waals surface area contributed by atoms with Gasteiger partial charge in [0, 0.05) is 15.2 Å². The predicted octanol–water partition coefficient (Wildman–Crippen LogP) is 5.05. The van der Waals surface area contributed by atoms with Crippen LogP contribution in [0.15, 0.2) is 52.3 Å². The third-order valence-electron chi connectivity index (χ3n) is 3.37. The van der Waals surface area contributed by atoms with E-state index in [2.05, 4.69) is 33.4 Å². The number of halogens is 2. The highest BCUT2D eigenvalue weighted by Crippen LogP contribution is 2.31. The lowest BCUT2D eigenvalue weighted by molar-refractivity contribution is 0.593. The minimum atomic E-state index is -0.214. The summed E-state index contributed by atoms with van der Waals surface area (Å²) in [7, 11) is 0. The van der Waals surface area contributed by atoms with Crippen molar-refractivity contribution in [2.24, 2.45) is 5.73 Å². The SMILES string of the molecule is NC(Cc1ccc(Br)cc1F)c1csc2ccccc12. The Balaban J connectivity index is 1.91. The molecule has 1 aromatic heterocycles. The van der Waals surface area contributed by atoms with Crippen LogP contribution in [0.2, 0.25) is 0 Å².